The topological polar surface area (TPSA) is 87.7 Å². The molecule has 2 saturated heterocycles. The van der Waals surface area contributed by atoms with Gasteiger partial charge in [0.05, 0.1) is 17.9 Å². The molecule has 2 bridgehead atoms. The Balaban J connectivity index is 1.41. The largest absolute Gasteiger partial charge is 0.359 e. The molecule has 0 radical (unpaired) electrons. The van der Waals surface area contributed by atoms with Crippen molar-refractivity contribution in [2.75, 3.05) is 18.1 Å². The molecule has 1 spiro atoms. The molecule has 0 aromatic heterocycles. The Kier molecular flexibility index (Phi) is 8.43. The van der Waals surface area contributed by atoms with Crippen LogP contribution in [0.2, 0.25) is 0 Å². The highest BCUT2D eigenvalue weighted by atomic mass is 32.2. The summed E-state index contributed by atoms with van der Waals surface area (Å²) in [6.07, 6.45) is 12.5. The highest BCUT2D eigenvalue weighted by Crippen LogP contribution is 2.55. The summed E-state index contributed by atoms with van der Waals surface area (Å²) in [6.45, 7) is 7.11. The van der Waals surface area contributed by atoms with Crippen molar-refractivity contribution in [1.29, 1.82) is 0 Å². The first kappa shape index (κ1) is 28.2. The predicted molar refractivity (Wildman–Crippen MR) is 154 cm³/mol. The second kappa shape index (κ2) is 11.7. The molecule has 1 aliphatic carbocycles. The lowest BCUT2D eigenvalue weighted by Gasteiger charge is -2.38. The van der Waals surface area contributed by atoms with Gasteiger partial charge in [-0.2, -0.15) is 0 Å². The summed E-state index contributed by atoms with van der Waals surface area (Å²) in [7, 11) is 0. The molecule has 1 aromatic rings. The highest BCUT2D eigenvalue weighted by Gasteiger charge is 2.72. The van der Waals surface area contributed by atoms with Crippen LogP contribution in [-0.4, -0.2) is 59.2 Å². The molecule has 2 N–H and O–H groups in total. The molecule has 6 unspecified atom stereocenters. The van der Waals surface area contributed by atoms with Gasteiger partial charge in [-0.25, -0.2) is 0 Å². The van der Waals surface area contributed by atoms with Gasteiger partial charge < -0.3 is 20.3 Å². The van der Waals surface area contributed by atoms with E-state index in [0.29, 0.717) is 24.1 Å². The summed E-state index contributed by atoms with van der Waals surface area (Å²) < 4.78 is 6.50. The Morgan fingerprint density at radius 3 is 2.74 bits per heavy atom. The quantitative estimate of drug-likeness (QED) is 0.241. The van der Waals surface area contributed by atoms with Crippen LogP contribution in [0.4, 0.5) is 5.69 Å². The zero-order chi connectivity index (χ0) is 27.7. The van der Waals surface area contributed by atoms with Crippen LogP contribution in [0.25, 0.3) is 0 Å². The number of ether oxygens (including phenoxy) is 1. The van der Waals surface area contributed by atoms with Crippen LogP contribution in [0.5, 0.6) is 0 Å². The van der Waals surface area contributed by atoms with E-state index in [-0.39, 0.29) is 23.8 Å². The number of hydrogen-bond donors (Lipinski definition) is 2. The number of carbonyl (C=O) groups is 3. The molecule has 3 amide bonds. The molecule has 8 heteroatoms. The number of thioether (sulfide) groups is 1. The van der Waals surface area contributed by atoms with Crippen LogP contribution < -0.4 is 10.6 Å². The SMILES string of the molecule is CCCCCCN1C(=O)[C@@H]2C(C(=O)Nc3cccc(SC)c3)[C@@H]3C=CC2(O3)C1C(=O)NC1CCCC(C)C1C. The molecule has 7 nitrogen and oxygen atoms in total. The van der Waals surface area contributed by atoms with Crippen molar-refractivity contribution < 1.29 is 19.1 Å². The van der Waals surface area contributed by atoms with Gasteiger partial charge in [0.15, 0.2) is 0 Å². The fourth-order valence-electron chi connectivity index (χ4n) is 7.19. The summed E-state index contributed by atoms with van der Waals surface area (Å²) >= 11 is 1.61. The Morgan fingerprint density at radius 2 is 1.97 bits per heavy atom. The minimum Gasteiger partial charge on any atom is -0.359 e. The molecule has 1 saturated carbocycles. The number of anilines is 1. The average molecular weight is 554 g/mol. The molecule has 39 heavy (non-hydrogen) atoms. The zero-order valence-electron chi connectivity index (χ0n) is 23.7. The van der Waals surface area contributed by atoms with Crippen molar-refractivity contribution in [3.05, 3.63) is 36.4 Å². The Hall–Kier alpha value is -2.32. The Morgan fingerprint density at radius 1 is 1.15 bits per heavy atom. The van der Waals surface area contributed by atoms with E-state index >= 15 is 0 Å². The highest BCUT2D eigenvalue weighted by molar-refractivity contribution is 7.98. The maximum atomic E-state index is 14.1. The van der Waals surface area contributed by atoms with Crippen molar-refractivity contribution >= 4 is 35.2 Å². The van der Waals surface area contributed by atoms with E-state index in [2.05, 4.69) is 31.4 Å². The average Bonchev–Trinajstić information content (AvgIpc) is 3.56. The summed E-state index contributed by atoms with van der Waals surface area (Å²) in [5.41, 5.74) is -0.410. The zero-order valence-corrected chi connectivity index (χ0v) is 24.5. The first-order valence-electron chi connectivity index (χ1n) is 14.7. The monoisotopic (exact) mass is 553 g/mol. The molecule has 3 heterocycles. The molecular formula is C31H43N3O4S. The lowest BCUT2D eigenvalue weighted by molar-refractivity contribution is -0.141. The number of benzene rings is 1. The normalized spacial score (nSPS) is 34.8. The van der Waals surface area contributed by atoms with Crippen molar-refractivity contribution in [3.8, 4) is 0 Å². The molecular weight excluding hydrogens is 510 g/mol. The first-order valence-corrected chi connectivity index (χ1v) is 16.0. The van der Waals surface area contributed by atoms with Gasteiger partial charge in [-0.1, -0.05) is 71.1 Å². The number of likely N-dealkylation sites (tertiary alicyclic amines) is 1. The maximum absolute atomic E-state index is 14.1. The summed E-state index contributed by atoms with van der Waals surface area (Å²) in [5.74, 6) is -0.983. The second-order valence-electron chi connectivity index (χ2n) is 11.9. The minimum absolute atomic E-state index is 0.0825. The summed E-state index contributed by atoms with van der Waals surface area (Å²) in [4.78, 5) is 44.6. The fraction of sp³-hybridized carbons (Fsp3) is 0.645. The van der Waals surface area contributed by atoms with Gasteiger partial charge >= 0.3 is 0 Å². The number of fused-ring (bicyclic) bond motifs is 1. The summed E-state index contributed by atoms with van der Waals surface area (Å²) in [6, 6.07) is 7.01. The number of nitrogens with one attached hydrogen (secondary N) is 2. The van der Waals surface area contributed by atoms with E-state index in [9.17, 15) is 14.4 Å². The molecule has 3 aliphatic heterocycles. The van der Waals surface area contributed by atoms with Crippen LogP contribution in [0.3, 0.4) is 0 Å². The number of carbonyl (C=O) groups excluding carboxylic acids is 3. The van der Waals surface area contributed by atoms with Crippen LogP contribution in [0.15, 0.2) is 41.3 Å². The number of hydrogen-bond acceptors (Lipinski definition) is 5. The fourth-order valence-corrected chi connectivity index (χ4v) is 7.65. The van der Waals surface area contributed by atoms with Gasteiger partial charge in [0.1, 0.15) is 11.6 Å². The van der Waals surface area contributed by atoms with E-state index in [1.165, 1.54) is 6.42 Å². The second-order valence-corrected chi connectivity index (χ2v) is 12.8. The van der Waals surface area contributed by atoms with Crippen molar-refractivity contribution in [1.82, 2.24) is 10.2 Å². The third-order valence-electron chi connectivity index (χ3n) is 9.55. The molecule has 4 aliphatic rings. The van der Waals surface area contributed by atoms with E-state index in [1.807, 2.05) is 42.7 Å². The van der Waals surface area contributed by atoms with Crippen LogP contribution in [0, 0.1) is 23.7 Å². The van der Waals surface area contributed by atoms with E-state index in [4.69, 9.17) is 4.74 Å². The maximum Gasteiger partial charge on any atom is 0.246 e. The lowest BCUT2D eigenvalue weighted by Crippen LogP contribution is -2.58. The third-order valence-corrected chi connectivity index (χ3v) is 10.3. The first-order chi connectivity index (χ1) is 18.8. The van der Waals surface area contributed by atoms with Gasteiger partial charge in [-0.3, -0.25) is 14.4 Å². The Bertz CT molecular complexity index is 1120. The Labute approximate surface area is 236 Å². The van der Waals surface area contributed by atoms with Gasteiger partial charge in [0.25, 0.3) is 0 Å². The van der Waals surface area contributed by atoms with Gasteiger partial charge in [0, 0.05) is 23.2 Å². The minimum atomic E-state index is -1.11. The third kappa shape index (κ3) is 5.15. The molecule has 3 fully saturated rings. The predicted octanol–water partition coefficient (Wildman–Crippen LogP) is 5.02. The van der Waals surface area contributed by atoms with Crippen molar-refractivity contribution in [3.63, 3.8) is 0 Å². The van der Waals surface area contributed by atoms with Crippen LogP contribution in [0.1, 0.15) is 65.7 Å². The molecule has 8 atom stereocenters. The molecule has 212 valence electrons. The number of amides is 3. The van der Waals surface area contributed by atoms with E-state index < -0.39 is 29.6 Å². The summed E-state index contributed by atoms with van der Waals surface area (Å²) in [5, 5.41) is 6.36. The van der Waals surface area contributed by atoms with Crippen LogP contribution >= 0.6 is 11.8 Å². The van der Waals surface area contributed by atoms with Crippen molar-refractivity contribution in [2.24, 2.45) is 23.7 Å². The van der Waals surface area contributed by atoms with Gasteiger partial charge in [-0.05, 0) is 49.1 Å². The van der Waals surface area contributed by atoms with E-state index in [0.717, 1.165) is 43.4 Å². The van der Waals surface area contributed by atoms with E-state index in [1.54, 1.807) is 16.7 Å². The number of rotatable bonds is 10. The smallest absolute Gasteiger partial charge is 0.246 e. The molecule has 5 rings (SSSR count). The van der Waals surface area contributed by atoms with Gasteiger partial charge in [0.2, 0.25) is 17.7 Å². The number of unbranched alkanes of at least 4 members (excludes halogenated alkanes) is 3. The standard InChI is InChI=1S/C31H43N3O4S/c1-5-6-7-8-17-34-27(29(36)33-23-14-9-11-19(2)20(23)3)31-16-15-24(38-31)25(26(31)30(34)37)28(35)32-21-12-10-13-22(18-21)39-4/h10,12-13,15-16,18-20,23-27H,5-9,11,14,17H2,1-4H3,(H,32,35)(H,33,36)/t19?,20?,23?,24-,25?,26-,27?,31?/m0/s1. The van der Waals surface area contributed by atoms with Gasteiger partial charge in [-0.15, -0.1) is 11.8 Å². The lowest BCUT2D eigenvalue weighted by atomic mass is 9.73. The van der Waals surface area contributed by atoms with Crippen molar-refractivity contribution in [2.45, 2.75) is 94.4 Å². The number of nitrogens with zero attached hydrogens (tertiary/aromatic N) is 1. The van der Waals surface area contributed by atoms with Crippen LogP contribution in [-0.2, 0) is 19.1 Å². The molecule has 1 aromatic carbocycles.